The van der Waals surface area contributed by atoms with Crippen LogP contribution in [0.15, 0.2) is 71.6 Å². The molecule has 0 aliphatic rings. The van der Waals surface area contributed by atoms with Crippen LogP contribution in [-0.4, -0.2) is 40.2 Å². The Labute approximate surface area is 210 Å². The van der Waals surface area contributed by atoms with E-state index in [9.17, 15) is 18.0 Å². The zero-order valence-electron chi connectivity index (χ0n) is 20.6. The van der Waals surface area contributed by atoms with E-state index >= 15 is 0 Å². The Morgan fingerprint density at radius 2 is 1.53 bits per heavy atom. The van der Waals surface area contributed by atoms with E-state index in [2.05, 4.69) is 5.32 Å². The van der Waals surface area contributed by atoms with Crippen LogP contribution >= 0.6 is 0 Å². The van der Waals surface area contributed by atoms with Crippen LogP contribution in [0.1, 0.15) is 31.1 Å². The number of benzene rings is 3. The first-order valence-corrected chi connectivity index (χ1v) is 12.4. The highest BCUT2D eigenvalue weighted by Gasteiger charge is 2.26. The summed E-state index contributed by atoms with van der Waals surface area (Å²) in [5, 5.41) is 2.53. The molecule has 2 N–H and O–H groups in total. The zero-order valence-corrected chi connectivity index (χ0v) is 21.4. The molecule has 3 aromatic rings. The first-order valence-electron chi connectivity index (χ1n) is 10.9. The Morgan fingerprint density at radius 3 is 2.14 bits per heavy atom. The highest BCUT2D eigenvalue weighted by Crippen LogP contribution is 2.32. The minimum atomic E-state index is -4.43. The van der Waals surface area contributed by atoms with Crippen LogP contribution in [0.3, 0.4) is 0 Å². The van der Waals surface area contributed by atoms with Crippen molar-refractivity contribution in [2.24, 2.45) is 0 Å². The molecular formula is C26H28N2O7S. The van der Waals surface area contributed by atoms with Gasteiger partial charge >= 0.3 is 12.0 Å². The molecule has 0 atom stereocenters. The Morgan fingerprint density at radius 1 is 0.833 bits per heavy atom. The third-order valence-corrected chi connectivity index (χ3v) is 6.21. The van der Waals surface area contributed by atoms with Gasteiger partial charge in [-0.1, -0.05) is 24.3 Å². The first-order chi connectivity index (χ1) is 16.9. The van der Waals surface area contributed by atoms with E-state index in [0.717, 1.165) is 22.9 Å². The van der Waals surface area contributed by atoms with E-state index in [-0.39, 0.29) is 11.3 Å². The molecule has 0 fully saturated rings. The zero-order chi connectivity index (χ0) is 26.5. The van der Waals surface area contributed by atoms with E-state index in [1.165, 1.54) is 19.2 Å². The Bertz CT molecular complexity index is 1360. The molecule has 0 aliphatic carbocycles. The maximum atomic E-state index is 13.1. The lowest BCUT2D eigenvalue weighted by Gasteiger charge is -2.21. The monoisotopic (exact) mass is 512 g/mol. The lowest BCUT2D eigenvalue weighted by atomic mass is 10.1. The number of amides is 2. The summed E-state index contributed by atoms with van der Waals surface area (Å²) < 4.78 is 44.1. The Hall–Kier alpha value is -4.05. The number of ether oxygens (including phenoxy) is 3. The predicted molar refractivity (Wildman–Crippen MR) is 135 cm³/mol. The fourth-order valence-corrected chi connectivity index (χ4v) is 4.30. The van der Waals surface area contributed by atoms with Crippen molar-refractivity contribution >= 4 is 22.0 Å². The number of hydrogen-bond acceptors (Lipinski definition) is 7. The molecule has 36 heavy (non-hydrogen) atoms. The number of rotatable bonds is 7. The van der Waals surface area contributed by atoms with Gasteiger partial charge in [0.15, 0.2) is 0 Å². The molecule has 0 radical (unpaired) electrons. The SMILES string of the molecule is COC(=O)c1ccc(Oc2cccc(-c3ccc(OC)cc3)c2)c(S(=O)(=O)NC(=O)NC(C)(C)C)c1. The fourth-order valence-electron chi connectivity index (χ4n) is 3.24. The van der Waals surface area contributed by atoms with E-state index in [4.69, 9.17) is 14.2 Å². The molecule has 0 unspecified atom stereocenters. The Kier molecular flexibility index (Phi) is 7.89. The smallest absolute Gasteiger partial charge is 0.337 e. The highest BCUT2D eigenvalue weighted by atomic mass is 32.2. The second-order valence-electron chi connectivity index (χ2n) is 8.82. The predicted octanol–water partition coefficient (Wildman–Crippen LogP) is 4.73. The van der Waals surface area contributed by atoms with Crippen molar-refractivity contribution in [3.63, 3.8) is 0 Å². The van der Waals surface area contributed by atoms with Crippen molar-refractivity contribution < 1.29 is 32.2 Å². The second kappa shape index (κ2) is 10.7. The number of urea groups is 1. The highest BCUT2D eigenvalue weighted by molar-refractivity contribution is 7.90. The minimum absolute atomic E-state index is 0.0200. The van der Waals surface area contributed by atoms with Crippen molar-refractivity contribution in [3.05, 3.63) is 72.3 Å². The van der Waals surface area contributed by atoms with Gasteiger partial charge in [-0.2, -0.15) is 0 Å². The van der Waals surface area contributed by atoms with Gasteiger partial charge in [-0.3, -0.25) is 0 Å². The second-order valence-corrected chi connectivity index (χ2v) is 10.5. The number of methoxy groups -OCH3 is 2. The van der Waals surface area contributed by atoms with Gasteiger partial charge in [-0.15, -0.1) is 0 Å². The number of carbonyl (C=O) groups is 2. The summed E-state index contributed by atoms with van der Waals surface area (Å²) in [6.07, 6.45) is 0. The van der Waals surface area contributed by atoms with Gasteiger partial charge in [0.05, 0.1) is 19.8 Å². The number of carbonyl (C=O) groups excluding carboxylic acids is 2. The maximum absolute atomic E-state index is 13.1. The standard InChI is InChI=1S/C26H28N2O7S/c1-26(2,3)27-25(30)28-36(31,32)23-16-19(24(29)34-5)11-14-22(23)35-21-8-6-7-18(15-21)17-9-12-20(33-4)13-10-17/h6-16H,1-5H3,(H2,27,28,30). The summed E-state index contributed by atoms with van der Waals surface area (Å²) in [6.45, 7) is 5.13. The lowest BCUT2D eigenvalue weighted by molar-refractivity contribution is 0.0600. The largest absolute Gasteiger partial charge is 0.497 e. The average molecular weight is 513 g/mol. The summed E-state index contributed by atoms with van der Waals surface area (Å²) in [4.78, 5) is 24.0. The van der Waals surface area contributed by atoms with Crippen LogP contribution in [-0.2, 0) is 14.8 Å². The third-order valence-electron chi connectivity index (χ3n) is 4.86. The molecule has 10 heteroatoms. The molecule has 0 aliphatic heterocycles. The molecule has 0 spiro atoms. The van der Waals surface area contributed by atoms with Crippen molar-refractivity contribution in [1.82, 2.24) is 10.0 Å². The third kappa shape index (κ3) is 6.76. The molecule has 3 rings (SSSR count). The van der Waals surface area contributed by atoms with E-state index < -0.39 is 32.5 Å². The molecule has 0 saturated carbocycles. The van der Waals surface area contributed by atoms with Gasteiger partial charge in [0.1, 0.15) is 22.1 Å². The van der Waals surface area contributed by atoms with Crippen LogP contribution in [0.2, 0.25) is 0 Å². The molecule has 9 nitrogen and oxygen atoms in total. The van der Waals surface area contributed by atoms with Crippen molar-refractivity contribution in [3.8, 4) is 28.4 Å². The van der Waals surface area contributed by atoms with Crippen molar-refractivity contribution in [1.29, 1.82) is 0 Å². The molecule has 190 valence electrons. The summed E-state index contributed by atoms with van der Waals surface area (Å²) in [5.41, 5.74) is 1.03. The molecule has 0 bridgehead atoms. The number of hydrogen-bond donors (Lipinski definition) is 2. The van der Waals surface area contributed by atoms with Gasteiger partial charge in [0.25, 0.3) is 10.0 Å². The first kappa shape index (κ1) is 26.6. The maximum Gasteiger partial charge on any atom is 0.337 e. The van der Waals surface area contributed by atoms with Gasteiger partial charge in [0, 0.05) is 5.54 Å². The molecule has 0 aromatic heterocycles. The van der Waals surface area contributed by atoms with Crippen molar-refractivity contribution in [2.45, 2.75) is 31.2 Å². The summed E-state index contributed by atoms with van der Waals surface area (Å²) in [7, 11) is -1.66. The fraction of sp³-hybridized carbons (Fsp3) is 0.231. The quantitative estimate of drug-likeness (QED) is 0.439. The van der Waals surface area contributed by atoms with Gasteiger partial charge < -0.3 is 19.5 Å². The van der Waals surface area contributed by atoms with Crippen LogP contribution in [0.25, 0.3) is 11.1 Å². The summed E-state index contributed by atoms with van der Waals surface area (Å²) >= 11 is 0. The number of sulfonamides is 1. The molecule has 3 aromatic carbocycles. The minimum Gasteiger partial charge on any atom is -0.497 e. The molecule has 0 saturated heterocycles. The van der Waals surface area contributed by atoms with E-state index in [1.54, 1.807) is 46.1 Å². The topological polar surface area (TPSA) is 120 Å². The summed E-state index contributed by atoms with van der Waals surface area (Å²) in [5.74, 6) is 0.253. The molecule has 0 heterocycles. The average Bonchev–Trinajstić information content (AvgIpc) is 2.82. The Balaban J connectivity index is 1.98. The number of nitrogens with one attached hydrogen (secondary N) is 2. The van der Waals surface area contributed by atoms with Gasteiger partial charge in [-0.25, -0.2) is 22.7 Å². The van der Waals surface area contributed by atoms with Gasteiger partial charge in [-0.05, 0) is 74.4 Å². The molecular weight excluding hydrogens is 484 g/mol. The normalized spacial score (nSPS) is 11.4. The van der Waals surface area contributed by atoms with Crippen LogP contribution in [0.5, 0.6) is 17.2 Å². The van der Waals surface area contributed by atoms with Crippen LogP contribution < -0.4 is 19.5 Å². The van der Waals surface area contributed by atoms with Crippen LogP contribution in [0.4, 0.5) is 4.79 Å². The van der Waals surface area contributed by atoms with E-state index in [1.807, 2.05) is 35.1 Å². The lowest BCUT2D eigenvalue weighted by Crippen LogP contribution is -2.48. The van der Waals surface area contributed by atoms with E-state index in [0.29, 0.717) is 5.75 Å². The number of esters is 1. The molecule has 2 amide bonds. The van der Waals surface area contributed by atoms with Crippen LogP contribution in [0, 0.1) is 0 Å². The van der Waals surface area contributed by atoms with Crippen molar-refractivity contribution in [2.75, 3.05) is 14.2 Å². The van der Waals surface area contributed by atoms with Gasteiger partial charge in [0.2, 0.25) is 0 Å². The summed E-state index contributed by atoms with van der Waals surface area (Å²) in [6, 6.07) is 17.4.